The lowest BCUT2D eigenvalue weighted by atomic mass is 9.95. The summed E-state index contributed by atoms with van der Waals surface area (Å²) in [6, 6.07) is 7.91. The lowest BCUT2D eigenvalue weighted by Crippen LogP contribution is -2.55. The summed E-state index contributed by atoms with van der Waals surface area (Å²) in [5.74, 6) is 1.69. The number of carbonyl (C=O) groups is 1. The van der Waals surface area contributed by atoms with Gasteiger partial charge in [-0.15, -0.1) is 6.42 Å². The van der Waals surface area contributed by atoms with Gasteiger partial charge < -0.3 is 19.3 Å². The van der Waals surface area contributed by atoms with Crippen LogP contribution in [-0.4, -0.2) is 93.5 Å². The molecule has 3 fully saturated rings. The molecule has 8 rings (SSSR count). The number of anilines is 1. The Kier molecular flexibility index (Phi) is 8.24. The van der Waals surface area contributed by atoms with Gasteiger partial charge in [0, 0.05) is 42.7 Å². The summed E-state index contributed by atoms with van der Waals surface area (Å²) < 4.78 is 58.2. The smallest absolute Gasteiger partial charge is 0.410 e. The van der Waals surface area contributed by atoms with E-state index in [0.29, 0.717) is 65.7 Å². The van der Waals surface area contributed by atoms with Crippen LogP contribution >= 0.6 is 0 Å². The number of terminal acetylenes is 1. The molecule has 4 aliphatic heterocycles. The minimum Gasteiger partial charge on any atom is -0.461 e. The number of hydrogen-bond acceptors (Lipinski definition) is 8. The molecular formula is C39H41F3N6O3. The van der Waals surface area contributed by atoms with Gasteiger partial charge in [-0.2, -0.15) is 9.97 Å². The molecule has 51 heavy (non-hydrogen) atoms. The fourth-order valence-corrected chi connectivity index (χ4v) is 8.68. The Labute approximate surface area is 295 Å². The molecule has 3 atom stereocenters. The Morgan fingerprint density at radius 1 is 1.06 bits per heavy atom. The number of rotatable bonds is 5. The molecule has 266 valence electrons. The van der Waals surface area contributed by atoms with Crippen LogP contribution in [0.4, 0.5) is 23.8 Å². The van der Waals surface area contributed by atoms with E-state index < -0.39 is 23.9 Å². The maximum absolute atomic E-state index is 17.2. The maximum Gasteiger partial charge on any atom is 0.410 e. The van der Waals surface area contributed by atoms with Crippen molar-refractivity contribution in [3.63, 3.8) is 0 Å². The van der Waals surface area contributed by atoms with E-state index in [0.717, 1.165) is 32.2 Å². The first kappa shape index (κ1) is 33.5. The van der Waals surface area contributed by atoms with Crippen molar-refractivity contribution in [1.29, 1.82) is 0 Å². The quantitative estimate of drug-likeness (QED) is 0.210. The van der Waals surface area contributed by atoms with Crippen molar-refractivity contribution in [2.24, 2.45) is 0 Å². The van der Waals surface area contributed by atoms with E-state index in [1.165, 1.54) is 6.07 Å². The fourth-order valence-electron chi connectivity index (χ4n) is 8.68. The number of halogens is 3. The van der Waals surface area contributed by atoms with Gasteiger partial charge in [0.15, 0.2) is 5.82 Å². The van der Waals surface area contributed by atoms with Crippen LogP contribution in [-0.2, 0) is 11.2 Å². The number of alkyl halides is 1. The molecule has 0 unspecified atom stereocenters. The molecule has 0 spiro atoms. The highest BCUT2D eigenvalue weighted by Crippen LogP contribution is 2.44. The van der Waals surface area contributed by atoms with Gasteiger partial charge in [-0.05, 0) is 77.3 Å². The number of piperazine rings is 1. The summed E-state index contributed by atoms with van der Waals surface area (Å²) >= 11 is 0. The molecule has 9 nitrogen and oxygen atoms in total. The van der Waals surface area contributed by atoms with Gasteiger partial charge in [-0.25, -0.2) is 22.9 Å². The van der Waals surface area contributed by atoms with E-state index in [2.05, 4.69) is 15.7 Å². The van der Waals surface area contributed by atoms with Crippen molar-refractivity contribution in [2.75, 3.05) is 44.4 Å². The van der Waals surface area contributed by atoms with E-state index in [1.807, 2.05) is 20.8 Å². The third-order valence-corrected chi connectivity index (χ3v) is 11.0. The Morgan fingerprint density at radius 2 is 1.90 bits per heavy atom. The van der Waals surface area contributed by atoms with Crippen molar-refractivity contribution < 1.29 is 27.4 Å². The lowest BCUT2D eigenvalue weighted by Gasteiger charge is -2.41. The van der Waals surface area contributed by atoms with Crippen molar-refractivity contribution in [3.05, 3.63) is 53.2 Å². The van der Waals surface area contributed by atoms with Gasteiger partial charge in [-0.1, -0.05) is 30.2 Å². The Hall–Kier alpha value is -4.63. The van der Waals surface area contributed by atoms with E-state index in [1.54, 1.807) is 29.2 Å². The van der Waals surface area contributed by atoms with Gasteiger partial charge >= 0.3 is 12.1 Å². The SMILES string of the molecule is C#Cc1c(F)ccc2cccc(-c3nc4c5c(nc(OC[C@@]67CCCN6[C@H](CF)CC7)nc5c3F)N3CCN(C(=O)OC(C)(C)C)C[C@H]3CC4)c12. The molecule has 0 radical (unpaired) electrons. The predicted molar refractivity (Wildman–Crippen MR) is 189 cm³/mol. The van der Waals surface area contributed by atoms with E-state index in [-0.39, 0.29) is 53.1 Å². The summed E-state index contributed by atoms with van der Waals surface area (Å²) in [5, 5.41) is 1.54. The number of hydrogen-bond donors (Lipinski definition) is 0. The zero-order valence-corrected chi connectivity index (χ0v) is 29.1. The first-order chi connectivity index (χ1) is 24.5. The highest BCUT2D eigenvalue weighted by molar-refractivity contribution is 6.02. The zero-order chi connectivity index (χ0) is 35.7. The number of benzene rings is 2. The average Bonchev–Trinajstić information content (AvgIpc) is 3.63. The molecular weight excluding hydrogens is 657 g/mol. The normalized spacial score (nSPS) is 23.2. The van der Waals surface area contributed by atoms with E-state index in [9.17, 15) is 9.18 Å². The monoisotopic (exact) mass is 698 g/mol. The van der Waals surface area contributed by atoms with Crippen molar-refractivity contribution in [3.8, 4) is 29.6 Å². The molecule has 2 aromatic heterocycles. The third kappa shape index (κ3) is 5.70. The predicted octanol–water partition coefficient (Wildman–Crippen LogP) is 6.82. The molecule has 0 saturated carbocycles. The lowest BCUT2D eigenvalue weighted by molar-refractivity contribution is 0.0212. The second kappa shape index (κ2) is 12.5. The van der Waals surface area contributed by atoms with Crippen LogP contribution in [0.25, 0.3) is 32.9 Å². The van der Waals surface area contributed by atoms with Crippen molar-refractivity contribution in [1.82, 2.24) is 24.8 Å². The van der Waals surface area contributed by atoms with Crippen LogP contribution in [0.5, 0.6) is 6.01 Å². The first-order valence-electron chi connectivity index (χ1n) is 17.8. The minimum absolute atomic E-state index is 0.0122. The van der Waals surface area contributed by atoms with Crippen LogP contribution < -0.4 is 9.64 Å². The van der Waals surface area contributed by atoms with Gasteiger partial charge in [0.05, 0.1) is 22.2 Å². The highest BCUT2D eigenvalue weighted by Gasteiger charge is 2.50. The van der Waals surface area contributed by atoms with Crippen LogP contribution in [0.15, 0.2) is 30.3 Å². The Bertz CT molecular complexity index is 2100. The number of aromatic nitrogens is 3. The zero-order valence-electron chi connectivity index (χ0n) is 29.1. The molecule has 0 N–H and O–H groups in total. The minimum atomic E-state index is -0.688. The summed E-state index contributed by atoms with van der Waals surface area (Å²) in [7, 11) is 0. The third-order valence-electron chi connectivity index (χ3n) is 11.0. The summed E-state index contributed by atoms with van der Waals surface area (Å²) in [6.45, 7) is 7.38. The Morgan fingerprint density at radius 3 is 2.69 bits per heavy atom. The van der Waals surface area contributed by atoms with Gasteiger partial charge in [-0.3, -0.25) is 4.90 Å². The molecule has 3 saturated heterocycles. The molecule has 2 aromatic carbocycles. The molecule has 0 aliphatic carbocycles. The Balaban J connectivity index is 1.25. The van der Waals surface area contributed by atoms with Gasteiger partial charge in [0.1, 0.15) is 41.7 Å². The average molecular weight is 699 g/mol. The second-order valence-electron chi connectivity index (χ2n) is 15.2. The van der Waals surface area contributed by atoms with Crippen molar-refractivity contribution in [2.45, 2.75) is 82.5 Å². The molecule has 1 amide bonds. The number of aryl methyl sites for hydroxylation is 1. The molecule has 4 aliphatic rings. The number of ether oxygens (including phenoxy) is 2. The summed E-state index contributed by atoms with van der Waals surface area (Å²) in [5.41, 5.74) is 0.0900. The topological polar surface area (TPSA) is 83.9 Å². The summed E-state index contributed by atoms with van der Waals surface area (Å²) in [4.78, 5) is 33.7. The molecule has 12 heteroatoms. The van der Waals surface area contributed by atoms with Crippen molar-refractivity contribution >= 4 is 33.6 Å². The fraction of sp³-hybridized carbons (Fsp3) is 0.487. The second-order valence-corrected chi connectivity index (χ2v) is 15.2. The highest BCUT2D eigenvalue weighted by atomic mass is 19.1. The number of nitrogens with zero attached hydrogens (tertiary/aromatic N) is 6. The van der Waals surface area contributed by atoms with Gasteiger partial charge in [0.25, 0.3) is 0 Å². The number of fused-ring (bicyclic) bond motifs is 4. The standard InChI is InChI=1S/C39H41F3N6O3/c1-5-26-28(41)12-10-23-8-6-9-27(30(23)26)33-32(42)34-31-29(43-33)13-11-25-21-46(37(49)51-38(2,3)4)18-19-47(25)35(31)45-36(44-34)50-22-39-15-7-17-48(39)24(20-40)14-16-39/h1,6,8-10,12,24-25H,7,11,13-22H2,2-4H3/t24-,25+,39-/m0/s1. The number of pyridine rings is 1. The first-order valence-corrected chi connectivity index (χ1v) is 17.8. The largest absolute Gasteiger partial charge is 0.461 e. The van der Waals surface area contributed by atoms with Gasteiger partial charge in [0.2, 0.25) is 0 Å². The van der Waals surface area contributed by atoms with Crippen LogP contribution in [0, 0.1) is 24.0 Å². The maximum atomic E-state index is 17.2. The number of amides is 1. The number of carbonyl (C=O) groups excluding carboxylic acids is 1. The summed E-state index contributed by atoms with van der Waals surface area (Å²) in [6.07, 6.45) is 9.83. The molecule has 0 bridgehead atoms. The van der Waals surface area contributed by atoms with Crippen LogP contribution in [0.2, 0.25) is 0 Å². The molecule has 6 heterocycles. The molecule has 4 aromatic rings. The van der Waals surface area contributed by atoms with E-state index in [4.69, 9.17) is 30.8 Å². The van der Waals surface area contributed by atoms with Crippen LogP contribution in [0.1, 0.15) is 64.1 Å². The van der Waals surface area contributed by atoms with Crippen LogP contribution in [0.3, 0.4) is 0 Å². The van der Waals surface area contributed by atoms with E-state index >= 15 is 8.78 Å².